The van der Waals surface area contributed by atoms with Crippen LogP contribution < -0.4 is 10.6 Å². The van der Waals surface area contributed by atoms with Crippen molar-refractivity contribution in [2.75, 3.05) is 18.4 Å². The number of halogens is 1. The Labute approximate surface area is 140 Å². The second-order valence-electron chi connectivity index (χ2n) is 6.01. The Balaban J connectivity index is 0.00000156. The first-order chi connectivity index (χ1) is 10.7. The predicted molar refractivity (Wildman–Crippen MR) is 95.1 cm³/mol. The maximum atomic E-state index is 12.3. The standard InChI is InChI=1S/C18H18N2O2.ClH/c1-11(12-9-19-10-12)18(21)20-13-6-7-15-14-4-2-3-5-16(14)22-17(15)8-13;/h2-8,11-12,19H,9-10H2,1H3,(H,20,21);1H. The number of fused-ring (bicyclic) bond motifs is 3. The molecule has 120 valence electrons. The Hall–Kier alpha value is -2.04. The molecule has 3 aromatic rings. The molecule has 2 N–H and O–H groups in total. The maximum Gasteiger partial charge on any atom is 0.227 e. The van der Waals surface area contributed by atoms with E-state index < -0.39 is 0 Å². The number of hydrogen-bond acceptors (Lipinski definition) is 3. The van der Waals surface area contributed by atoms with Gasteiger partial charge in [-0.1, -0.05) is 25.1 Å². The Morgan fingerprint density at radius 3 is 2.65 bits per heavy atom. The highest BCUT2D eigenvalue weighted by Crippen LogP contribution is 2.30. The first-order valence-corrected chi connectivity index (χ1v) is 7.65. The van der Waals surface area contributed by atoms with Crippen LogP contribution in [0.25, 0.3) is 21.9 Å². The number of rotatable bonds is 3. The number of hydrogen-bond donors (Lipinski definition) is 2. The number of carbonyl (C=O) groups excluding carboxylic acids is 1. The van der Waals surface area contributed by atoms with Crippen molar-refractivity contribution in [1.82, 2.24) is 5.32 Å². The fraction of sp³-hybridized carbons (Fsp3) is 0.278. The summed E-state index contributed by atoms with van der Waals surface area (Å²) >= 11 is 0. The van der Waals surface area contributed by atoms with Gasteiger partial charge in [0.2, 0.25) is 5.91 Å². The molecule has 2 heterocycles. The highest BCUT2D eigenvalue weighted by Gasteiger charge is 2.28. The van der Waals surface area contributed by atoms with Gasteiger partial charge in [0.25, 0.3) is 0 Å². The van der Waals surface area contributed by atoms with Crippen molar-refractivity contribution < 1.29 is 9.21 Å². The summed E-state index contributed by atoms with van der Waals surface area (Å²) in [4.78, 5) is 12.3. The zero-order valence-corrected chi connectivity index (χ0v) is 13.7. The van der Waals surface area contributed by atoms with Crippen molar-refractivity contribution in [1.29, 1.82) is 0 Å². The fourth-order valence-corrected chi connectivity index (χ4v) is 2.94. The van der Waals surface area contributed by atoms with E-state index in [1.165, 1.54) is 0 Å². The van der Waals surface area contributed by atoms with Crippen LogP contribution in [0, 0.1) is 11.8 Å². The van der Waals surface area contributed by atoms with E-state index >= 15 is 0 Å². The maximum absolute atomic E-state index is 12.3. The minimum Gasteiger partial charge on any atom is -0.456 e. The molecule has 0 spiro atoms. The fourth-order valence-electron chi connectivity index (χ4n) is 2.94. The number of carbonyl (C=O) groups is 1. The highest BCUT2D eigenvalue weighted by atomic mass is 35.5. The molecule has 4 nitrogen and oxygen atoms in total. The van der Waals surface area contributed by atoms with Crippen LogP contribution in [0.5, 0.6) is 0 Å². The predicted octanol–water partition coefficient (Wildman–Crippen LogP) is 3.80. The second kappa shape index (κ2) is 6.22. The number of anilines is 1. The molecular formula is C18H19ClN2O2. The number of para-hydroxylation sites is 1. The molecule has 1 amide bonds. The zero-order valence-electron chi connectivity index (χ0n) is 12.8. The summed E-state index contributed by atoms with van der Waals surface area (Å²) in [5.41, 5.74) is 2.46. The molecule has 23 heavy (non-hydrogen) atoms. The summed E-state index contributed by atoms with van der Waals surface area (Å²) in [7, 11) is 0. The van der Waals surface area contributed by atoms with Crippen molar-refractivity contribution in [3.05, 3.63) is 42.5 Å². The molecular weight excluding hydrogens is 312 g/mol. The lowest BCUT2D eigenvalue weighted by molar-refractivity contribution is -0.121. The molecule has 0 radical (unpaired) electrons. The second-order valence-corrected chi connectivity index (χ2v) is 6.01. The zero-order chi connectivity index (χ0) is 15.1. The lowest BCUT2D eigenvalue weighted by atomic mass is 9.88. The van der Waals surface area contributed by atoms with Crippen molar-refractivity contribution >= 4 is 45.9 Å². The first kappa shape index (κ1) is 15.8. The van der Waals surface area contributed by atoms with Gasteiger partial charge >= 0.3 is 0 Å². The van der Waals surface area contributed by atoms with E-state index in [9.17, 15) is 4.79 Å². The molecule has 0 saturated carbocycles. The Morgan fingerprint density at radius 2 is 1.91 bits per heavy atom. The van der Waals surface area contributed by atoms with Crippen molar-refractivity contribution in [3.63, 3.8) is 0 Å². The molecule has 1 aliphatic heterocycles. The number of amides is 1. The smallest absolute Gasteiger partial charge is 0.227 e. The first-order valence-electron chi connectivity index (χ1n) is 7.65. The third kappa shape index (κ3) is 2.80. The van der Waals surface area contributed by atoms with Crippen LogP contribution in [0.3, 0.4) is 0 Å². The molecule has 0 aliphatic carbocycles. The van der Waals surface area contributed by atoms with Crippen LogP contribution >= 0.6 is 12.4 Å². The van der Waals surface area contributed by atoms with Gasteiger partial charge in [0.05, 0.1) is 0 Å². The number of furan rings is 1. The molecule has 1 aliphatic rings. The van der Waals surface area contributed by atoms with Crippen molar-refractivity contribution in [3.8, 4) is 0 Å². The van der Waals surface area contributed by atoms with Crippen LogP contribution in [0.4, 0.5) is 5.69 Å². The van der Waals surface area contributed by atoms with Crippen molar-refractivity contribution in [2.45, 2.75) is 6.92 Å². The third-order valence-electron chi connectivity index (χ3n) is 4.58. The monoisotopic (exact) mass is 330 g/mol. The van der Waals surface area contributed by atoms with E-state index in [2.05, 4.69) is 10.6 Å². The molecule has 1 saturated heterocycles. The average molecular weight is 331 g/mol. The third-order valence-corrected chi connectivity index (χ3v) is 4.58. The summed E-state index contributed by atoms with van der Waals surface area (Å²) < 4.78 is 5.85. The number of nitrogens with one attached hydrogen (secondary N) is 2. The van der Waals surface area contributed by atoms with Gasteiger partial charge in [0.15, 0.2) is 0 Å². The quantitative estimate of drug-likeness (QED) is 0.768. The van der Waals surface area contributed by atoms with Crippen LogP contribution in [0.2, 0.25) is 0 Å². The van der Waals surface area contributed by atoms with E-state index in [0.717, 1.165) is 40.7 Å². The van der Waals surface area contributed by atoms with Gasteiger partial charge in [0, 0.05) is 28.4 Å². The van der Waals surface area contributed by atoms with E-state index in [4.69, 9.17) is 4.42 Å². The average Bonchev–Trinajstić information content (AvgIpc) is 2.83. The molecule has 1 aromatic heterocycles. The summed E-state index contributed by atoms with van der Waals surface area (Å²) in [6.07, 6.45) is 0. The van der Waals surface area contributed by atoms with Crippen molar-refractivity contribution in [2.24, 2.45) is 11.8 Å². The Kier molecular flexibility index (Phi) is 4.28. The molecule has 5 heteroatoms. The largest absolute Gasteiger partial charge is 0.456 e. The van der Waals surface area contributed by atoms with Gasteiger partial charge in [-0.25, -0.2) is 0 Å². The molecule has 4 rings (SSSR count). The van der Waals surface area contributed by atoms with E-state index in [0.29, 0.717) is 5.92 Å². The van der Waals surface area contributed by atoms with Gasteiger partial charge < -0.3 is 15.1 Å². The SMILES string of the molecule is CC(C(=O)Nc1ccc2c(c1)oc1ccccc12)C1CNC1.Cl. The molecule has 1 fully saturated rings. The molecule has 1 atom stereocenters. The highest BCUT2D eigenvalue weighted by molar-refractivity contribution is 6.06. The lowest BCUT2D eigenvalue weighted by Gasteiger charge is -2.31. The van der Waals surface area contributed by atoms with Gasteiger partial charge in [0.1, 0.15) is 11.2 Å². The topological polar surface area (TPSA) is 54.3 Å². The number of benzene rings is 2. The van der Waals surface area contributed by atoms with E-state index in [1.807, 2.05) is 49.4 Å². The molecule has 2 aromatic carbocycles. The van der Waals surface area contributed by atoms with E-state index in [-0.39, 0.29) is 24.2 Å². The van der Waals surface area contributed by atoms with Gasteiger partial charge in [-0.2, -0.15) is 0 Å². The van der Waals surface area contributed by atoms with Gasteiger partial charge in [-0.05, 0) is 37.2 Å². The van der Waals surface area contributed by atoms with E-state index in [1.54, 1.807) is 0 Å². The summed E-state index contributed by atoms with van der Waals surface area (Å²) in [5.74, 6) is 0.532. The lowest BCUT2D eigenvalue weighted by Crippen LogP contribution is -2.48. The minimum absolute atomic E-state index is 0. The molecule has 1 unspecified atom stereocenters. The van der Waals surface area contributed by atoms with Gasteiger partial charge in [-0.3, -0.25) is 4.79 Å². The summed E-state index contributed by atoms with van der Waals surface area (Å²) in [6.45, 7) is 3.84. The summed E-state index contributed by atoms with van der Waals surface area (Å²) in [5, 5.41) is 8.38. The Morgan fingerprint density at radius 1 is 1.17 bits per heavy atom. The minimum atomic E-state index is 0. The van der Waals surface area contributed by atoms with Crippen LogP contribution in [-0.2, 0) is 4.79 Å². The normalized spacial score (nSPS) is 15.9. The van der Waals surface area contributed by atoms with Crippen LogP contribution in [0.15, 0.2) is 46.9 Å². The van der Waals surface area contributed by atoms with Gasteiger partial charge in [-0.15, -0.1) is 12.4 Å². The summed E-state index contributed by atoms with van der Waals surface area (Å²) in [6, 6.07) is 13.8. The Bertz CT molecular complexity index is 854. The van der Waals surface area contributed by atoms with Crippen LogP contribution in [0.1, 0.15) is 6.92 Å². The molecule has 0 bridgehead atoms. The van der Waals surface area contributed by atoms with Crippen LogP contribution in [-0.4, -0.2) is 19.0 Å².